The highest BCUT2D eigenvalue weighted by atomic mass is 32.1. The summed E-state index contributed by atoms with van der Waals surface area (Å²) >= 11 is 1.32. The minimum atomic E-state index is -0.859. The van der Waals surface area contributed by atoms with Crippen LogP contribution in [0.4, 0.5) is 5.00 Å². The molecule has 0 fully saturated rings. The Hall–Kier alpha value is -1.81. The number of nitrogens with zero attached hydrogens (tertiary/aromatic N) is 1. The van der Waals surface area contributed by atoms with Crippen molar-refractivity contribution in [3.05, 3.63) is 52.9 Å². The molecule has 1 heterocycles. The summed E-state index contributed by atoms with van der Waals surface area (Å²) in [5, 5.41) is 9.93. The van der Waals surface area contributed by atoms with Crippen molar-refractivity contribution in [3.63, 3.8) is 0 Å². The summed E-state index contributed by atoms with van der Waals surface area (Å²) in [5.41, 5.74) is 1.23. The molecule has 0 aliphatic rings. The number of carboxylic acid groups (broad SMARTS) is 1. The lowest BCUT2D eigenvalue weighted by Crippen LogP contribution is -2.20. The predicted molar refractivity (Wildman–Crippen MR) is 74.4 cm³/mol. The zero-order chi connectivity index (χ0) is 13.0. The molecule has 0 radical (unpaired) electrons. The molecule has 0 unspecified atom stereocenters. The van der Waals surface area contributed by atoms with Gasteiger partial charge in [-0.15, -0.1) is 11.3 Å². The van der Waals surface area contributed by atoms with E-state index >= 15 is 0 Å². The summed E-state index contributed by atoms with van der Waals surface area (Å²) in [5.74, 6) is -0.859. The minimum Gasteiger partial charge on any atom is -0.477 e. The van der Waals surface area contributed by atoms with Gasteiger partial charge in [0.15, 0.2) is 0 Å². The van der Waals surface area contributed by atoms with E-state index in [9.17, 15) is 4.79 Å². The molecule has 0 aliphatic heterocycles. The SMILES string of the molecule is CCN(Cc1ccccc1)c1ccc(C(=O)O)s1. The van der Waals surface area contributed by atoms with Gasteiger partial charge in [-0.3, -0.25) is 0 Å². The molecule has 0 atom stereocenters. The summed E-state index contributed by atoms with van der Waals surface area (Å²) in [7, 11) is 0. The average molecular weight is 261 g/mol. The van der Waals surface area contributed by atoms with Crippen molar-refractivity contribution in [1.29, 1.82) is 0 Å². The Labute approximate surface area is 110 Å². The molecule has 0 aliphatic carbocycles. The van der Waals surface area contributed by atoms with Crippen molar-refractivity contribution >= 4 is 22.3 Å². The molecule has 18 heavy (non-hydrogen) atoms. The van der Waals surface area contributed by atoms with E-state index in [4.69, 9.17) is 5.11 Å². The van der Waals surface area contributed by atoms with E-state index in [-0.39, 0.29) is 0 Å². The number of hydrogen-bond donors (Lipinski definition) is 1. The first-order valence-corrected chi connectivity index (χ1v) is 6.64. The lowest BCUT2D eigenvalue weighted by molar-refractivity contribution is 0.0702. The highest BCUT2D eigenvalue weighted by Crippen LogP contribution is 2.27. The highest BCUT2D eigenvalue weighted by Gasteiger charge is 2.11. The third kappa shape index (κ3) is 2.90. The number of anilines is 1. The molecule has 0 spiro atoms. The van der Waals surface area contributed by atoms with Gasteiger partial charge in [0.25, 0.3) is 0 Å². The molecule has 1 aromatic heterocycles. The summed E-state index contributed by atoms with van der Waals surface area (Å²) in [6, 6.07) is 13.7. The van der Waals surface area contributed by atoms with Gasteiger partial charge in [-0.1, -0.05) is 30.3 Å². The molecule has 0 saturated heterocycles. The molecule has 2 aromatic rings. The molecule has 4 heteroatoms. The van der Waals surface area contributed by atoms with Crippen molar-refractivity contribution in [3.8, 4) is 0 Å². The van der Waals surface area contributed by atoms with Crippen LogP contribution in [0.5, 0.6) is 0 Å². The molecule has 1 N–H and O–H groups in total. The smallest absolute Gasteiger partial charge is 0.345 e. The fourth-order valence-electron chi connectivity index (χ4n) is 1.76. The fourth-order valence-corrected chi connectivity index (χ4v) is 2.67. The van der Waals surface area contributed by atoms with Gasteiger partial charge in [0.2, 0.25) is 0 Å². The van der Waals surface area contributed by atoms with Gasteiger partial charge in [-0.2, -0.15) is 0 Å². The van der Waals surface area contributed by atoms with Crippen LogP contribution in [0.3, 0.4) is 0 Å². The van der Waals surface area contributed by atoms with E-state index in [1.807, 2.05) is 24.3 Å². The van der Waals surface area contributed by atoms with E-state index in [1.165, 1.54) is 16.9 Å². The van der Waals surface area contributed by atoms with Gasteiger partial charge < -0.3 is 10.0 Å². The van der Waals surface area contributed by atoms with Crippen LogP contribution in [0, 0.1) is 0 Å². The van der Waals surface area contributed by atoms with Crippen molar-refractivity contribution in [1.82, 2.24) is 0 Å². The molecular formula is C14H15NO2S. The fraction of sp³-hybridized carbons (Fsp3) is 0.214. The van der Waals surface area contributed by atoms with Crippen LogP contribution in [0.25, 0.3) is 0 Å². The maximum atomic E-state index is 10.9. The first-order valence-electron chi connectivity index (χ1n) is 5.82. The van der Waals surface area contributed by atoms with Gasteiger partial charge in [0.05, 0.1) is 5.00 Å². The quantitative estimate of drug-likeness (QED) is 0.896. The van der Waals surface area contributed by atoms with Gasteiger partial charge in [0, 0.05) is 13.1 Å². The monoisotopic (exact) mass is 261 g/mol. The molecule has 1 aromatic carbocycles. The number of carbonyl (C=O) groups is 1. The maximum Gasteiger partial charge on any atom is 0.345 e. The van der Waals surface area contributed by atoms with Crippen molar-refractivity contribution in [2.45, 2.75) is 13.5 Å². The third-order valence-corrected chi connectivity index (χ3v) is 3.85. The normalized spacial score (nSPS) is 10.3. The van der Waals surface area contributed by atoms with Crippen LogP contribution in [0.2, 0.25) is 0 Å². The zero-order valence-electron chi connectivity index (χ0n) is 10.2. The Morgan fingerprint density at radius 3 is 2.50 bits per heavy atom. The Balaban J connectivity index is 2.15. The topological polar surface area (TPSA) is 40.5 Å². The predicted octanol–water partition coefficient (Wildman–Crippen LogP) is 3.47. The number of hydrogen-bond acceptors (Lipinski definition) is 3. The lowest BCUT2D eigenvalue weighted by atomic mass is 10.2. The Bertz CT molecular complexity index is 522. The Morgan fingerprint density at radius 1 is 1.22 bits per heavy atom. The molecule has 0 saturated carbocycles. The van der Waals surface area contributed by atoms with Crippen LogP contribution in [0.15, 0.2) is 42.5 Å². The summed E-state index contributed by atoms with van der Waals surface area (Å²) in [4.78, 5) is 13.4. The number of thiophene rings is 1. The van der Waals surface area contributed by atoms with E-state index in [2.05, 4.69) is 24.0 Å². The minimum absolute atomic E-state index is 0.386. The lowest BCUT2D eigenvalue weighted by Gasteiger charge is -2.21. The summed E-state index contributed by atoms with van der Waals surface area (Å²) in [6.45, 7) is 3.73. The van der Waals surface area contributed by atoms with Gasteiger partial charge in [0.1, 0.15) is 4.88 Å². The third-order valence-electron chi connectivity index (χ3n) is 2.71. The molecule has 0 bridgehead atoms. The molecule has 2 rings (SSSR count). The van der Waals surface area contributed by atoms with Crippen molar-refractivity contribution in [2.75, 3.05) is 11.4 Å². The van der Waals surface area contributed by atoms with Crippen molar-refractivity contribution < 1.29 is 9.90 Å². The highest BCUT2D eigenvalue weighted by molar-refractivity contribution is 7.17. The number of benzene rings is 1. The van der Waals surface area contributed by atoms with E-state index in [0.29, 0.717) is 4.88 Å². The second-order valence-electron chi connectivity index (χ2n) is 3.94. The number of aromatic carboxylic acids is 1. The molecule has 0 amide bonds. The van der Waals surface area contributed by atoms with E-state index in [1.54, 1.807) is 6.07 Å². The summed E-state index contributed by atoms with van der Waals surface area (Å²) in [6.07, 6.45) is 0. The van der Waals surface area contributed by atoms with Crippen LogP contribution in [-0.4, -0.2) is 17.6 Å². The molecule has 94 valence electrons. The van der Waals surface area contributed by atoms with Gasteiger partial charge in [-0.05, 0) is 24.6 Å². The van der Waals surface area contributed by atoms with Gasteiger partial charge >= 0.3 is 5.97 Å². The molecule has 3 nitrogen and oxygen atoms in total. The standard InChI is InChI=1S/C14H15NO2S/c1-2-15(10-11-6-4-3-5-7-11)13-9-8-12(18-13)14(16)17/h3-9H,2,10H2,1H3,(H,16,17). The Kier molecular flexibility index (Phi) is 3.99. The average Bonchev–Trinajstić information content (AvgIpc) is 2.87. The van der Waals surface area contributed by atoms with E-state index in [0.717, 1.165) is 18.1 Å². The second-order valence-corrected chi connectivity index (χ2v) is 5.01. The first-order chi connectivity index (χ1) is 8.70. The molecular weight excluding hydrogens is 246 g/mol. The first kappa shape index (κ1) is 12.6. The number of carboxylic acids is 1. The van der Waals surface area contributed by atoms with Crippen LogP contribution in [-0.2, 0) is 6.54 Å². The Morgan fingerprint density at radius 2 is 1.94 bits per heavy atom. The van der Waals surface area contributed by atoms with Gasteiger partial charge in [-0.25, -0.2) is 4.79 Å². The van der Waals surface area contributed by atoms with Crippen LogP contribution in [0.1, 0.15) is 22.2 Å². The zero-order valence-corrected chi connectivity index (χ0v) is 11.0. The maximum absolute atomic E-state index is 10.9. The number of rotatable bonds is 5. The van der Waals surface area contributed by atoms with Crippen LogP contribution < -0.4 is 4.90 Å². The second kappa shape index (κ2) is 5.69. The largest absolute Gasteiger partial charge is 0.477 e. The van der Waals surface area contributed by atoms with Crippen molar-refractivity contribution in [2.24, 2.45) is 0 Å². The van der Waals surface area contributed by atoms with E-state index < -0.39 is 5.97 Å². The summed E-state index contributed by atoms with van der Waals surface area (Å²) < 4.78 is 0. The van der Waals surface area contributed by atoms with Crippen LogP contribution >= 0.6 is 11.3 Å².